The van der Waals surface area contributed by atoms with Crippen LogP contribution in [0.25, 0.3) is 0 Å². The zero-order chi connectivity index (χ0) is 13.9. The lowest BCUT2D eigenvalue weighted by Crippen LogP contribution is -2.45. The Hall–Kier alpha value is -0.660. The molecule has 2 rings (SSSR count). The summed E-state index contributed by atoms with van der Waals surface area (Å²) in [6.45, 7) is 3.92. The summed E-state index contributed by atoms with van der Waals surface area (Å²) < 4.78 is 24.7. The lowest BCUT2D eigenvalue weighted by atomic mass is 9.99. The monoisotopic (exact) mass is 289 g/mol. The van der Waals surface area contributed by atoms with Gasteiger partial charge >= 0.3 is 0 Å². The molecule has 0 bridgehead atoms. The molecule has 0 aromatic heterocycles. The highest BCUT2D eigenvalue weighted by Gasteiger charge is 2.28. The maximum Gasteiger partial charge on any atom is 0.236 e. The first-order valence-corrected chi connectivity index (χ1v) is 8.75. The highest BCUT2D eigenvalue weighted by atomic mass is 32.2. The predicted octanol–water partition coefficient (Wildman–Crippen LogP) is -0.520. The lowest BCUT2D eigenvalue weighted by molar-refractivity contribution is -0.130. The molecule has 2 heterocycles. The van der Waals surface area contributed by atoms with Crippen LogP contribution in [0.1, 0.15) is 19.3 Å². The van der Waals surface area contributed by atoms with Crippen molar-refractivity contribution in [1.29, 1.82) is 0 Å². The first-order valence-electron chi connectivity index (χ1n) is 6.90. The Kier molecular flexibility index (Phi) is 4.81. The van der Waals surface area contributed by atoms with Crippen molar-refractivity contribution >= 4 is 15.9 Å². The van der Waals surface area contributed by atoms with Crippen molar-refractivity contribution in [1.82, 2.24) is 14.5 Å². The van der Waals surface area contributed by atoms with Crippen LogP contribution in [-0.2, 0) is 14.8 Å². The largest absolute Gasteiger partial charge is 0.341 e. The predicted molar refractivity (Wildman–Crippen MR) is 73.2 cm³/mol. The molecule has 7 heteroatoms. The first kappa shape index (κ1) is 14.7. The molecule has 0 aromatic rings. The summed E-state index contributed by atoms with van der Waals surface area (Å²) in [6, 6.07) is 0. The number of sulfonamides is 1. The highest BCUT2D eigenvalue weighted by Crippen LogP contribution is 2.20. The Labute approximate surface area is 115 Å². The summed E-state index contributed by atoms with van der Waals surface area (Å²) in [6.07, 6.45) is 4.12. The van der Waals surface area contributed by atoms with Crippen molar-refractivity contribution in [3.63, 3.8) is 0 Å². The maximum atomic E-state index is 11.9. The minimum Gasteiger partial charge on any atom is -0.341 e. The number of hydrogen-bond acceptors (Lipinski definition) is 4. The fraction of sp³-hybridized carbons (Fsp3) is 0.917. The van der Waals surface area contributed by atoms with Crippen LogP contribution in [-0.4, -0.2) is 69.1 Å². The van der Waals surface area contributed by atoms with Crippen LogP contribution >= 0.6 is 0 Å². The molecule has 110 valence electrons. The van der Waals surface area contributed by atoms with E-state index in [1.807, 2.05) is 4.90 Å². The van der Waals surface area contributed by atoms with Crippen molar-refractivity contribution in [2.75, 3.05) is 45.5 Å². The summed E-state index contributed by atoms with van der Waals surface area (Å²) in [5, 5.41) is 3.10. The fourth-order valence-corrected chi connectivity index (χ4v) is 3.75. The van der Waals surface area contributed by atoms with Gasteiger partial charge in [0.2, 0.25) is 15.9 Å². The standard InChI is InChI=1S/C12H23N3O3S/c1-19(17,18)15-7-2-4-11(10-15)9-14-6-3-5-13-8-12(14)16/h11,13H,2-10H2,1H3. The molecular weight excluding hydrogens is 266 g/mol. The second-order valence-corrected chi connectivity index (χ2v) is 7.48. The van der Waals surface area contributed by atoms with E-state index in [2.05, 4.69) is 5.32 Å². The van der Waals surface area contributed by atoms with Crippen LogP contribution in [0, 0.1) is 5.92 Å². The third kappa shape index (κ3) is 4.15. The van der Waals surface area contributed by atoms with E-state index in [1.165, 1.54) is 6.26 Å². The van der Waals surface area contributed by atoms with Crippen molar-refractivity contribution in [2.45, 2.75) is 19.3 Å². The molecule has 0 radical (unpaired) electrons. The van der Waals surface area contributed by atoms with Gasteiger partial charge in [-0.25, -0.2) is 12.7 Å². The van der Waals surface area contributed by atoms with E-state index in [1.54, 1.807) is 4.31 Å². The molecule has 0 spiro atoms. The number of nitrogens with one attached hydrogen (secondary N) is 1. The molecule has 2 aliphatic rings. The number of nitrogens with zero attached hydrogens (tertiary/aromatic N) is 2. The summed E-state index contributed by atoms with van der Waals surface area (Å²) in [5.41, 5.74) is 0. The van der Waals surface area contributed by atoms with Gasteiger partial charge in [0.15, 0.2) is 0 Å². The fourth-order valence-electron chi connectivity index (χ4n) is 2.81. The van der Waals surface area contributed by atoms with E-state index >= 15 is 0 Å². The van der Waals surface area contributed by atoms with E-state index in [0.717, 1.165) is 32.4 Å². The molecule has 2 saturated heterocycles. The molecule has 0 saturated carbocycles. The number of piperidine rings is 1. The molecule has 1 unspecified atom stereocenters. The molecule has 0 aromatic carbocycles. The number of carbonyl (C=O) groups excluding carboxylic acids is 1. The van der Waals surface area contributed by atoms with Gasteiger partial charge < -0.3 is 10.2 Å². The van der Waals surface area contributed by atoms with E-state index in [4.69, 9.17) is 0 Å². The third-order valence-electron chi connectivity index (χ3n) is 3.84. The third-order valence-corrected chi connectivity index (χ3v) is 5.11. The van der Waals surface area contributed by atoms with Gasteiger partial charge in [0, 0.05) is 26.2 Å². The van der Waals surface area contributed by atoms with Crippen molar-refractivity contribution in [3.8, 4) is 0 Å². The van der Waals surface area contributed by atoms with Crippen molar-refractivity contribution in [2.24, 2.45) is 5.92 Å². The first-order chi connectivity index (χ1) is 8.97. The number of rotatable bonds is 3. The minimum absolute atomic E-state index is 0.133. The maximum absolute atomic E-state index is 11.9. The SMILES string of the molecule is CS(=O)(=O)N1CCCC(CN2CCCNCC2=O)C1. The van der Waals surface area contributed by atoms with Gasteiger partial charge in [-0.2, -0.15) is 0 Å². The smallest absolute Gasteiger partial charge is 0.236 e. The Balaban J connectivity index is 1.93. The van der Waals surface area contributed by atoms with Gasteiger partial charge in [-0.3, -0.25) is 4.79 Å². The van der Waals surface area contributed by atoms with Crippen LogP contribution < -0.4 is 5.32 Å². The average Bonchev–Trinajstić information content (AvgIpc) is 2.54. The summed E-state index contributed by atoms with van der Waals surface area (Å²) in [4.78, 5) is 13.8. The summed E-state index contributed by atoms with van der Waals surface area (Å²) >= 11 is 0. The van der Waals surface area contributed by atoms with E-state index < -0.39 is 10.0 Å². The molecule has 1 atom stereocenters. The number of carbonyl (C=O) groups is 1. The van der Waals surface area contributed by atoms with Gasteiger partial charge in [-0.15, -0.1) is 0 Å². The Morgan fingerprint density at radius 2 is 2.11 bits per heavy atom. The van der Waals surface area contributed by atoms with Gasteiger partial charge in [-0.05, 0) is 31.7 Å². The zero-order valence-corrected chi connectivity index (χ0v) is 12.3. The molecular formula is C12H23N3O3S. The average molecular weight is 289 g/mol. The van der Waals surface area contributed by atoms with Crippen molar-refractivity contribution < 1.29 is 13.2 Å². The Bertz CT molecular complexity index is 424. The molecule has 2 aliphatic heterocycles. The number of amides is 1. The second kappa shape index (κ2) is 6.19. The van der Waals surface area contributed by atoms with Crippen LogP contribution in [0.2, 0.25) is 0 Å². The summed E-state index contributed by atoms with van der Waals surface area (Å²) in [7, 11) is -3.10. The molecule has 0 aliphatic carbocycles. The van der Waals surface area contributed by atoms with Crippen molar-refractivity contribution in [3.05, 3.63) is 0 Å². The van der Waals surface area contributed by atoms with Crippen LogP contribution in [0.3, 0.4) is 0 Å². The van der Waals surface area contributed by atoms with Gasteiger partial charge in [0.05, 0.1) is 12.8 Å². The van der Waals surface area contributed by atoms with Gasteiger partial charge in [0.25, 0.3) is 0 Å². The van der Waals surface area contributed by atoms with Gasteiger partial charge in [-0.1, -0.05) is 0 Å². The van der Waals surface area contributed by atoms with E-state index in [0.29, 0.717) is 26.2 Å². The highest BCUT2D eigenvalue weighted by molar-refractivity contribution is 7.88. The molecule has 1 N–H and O–H groups in total. The lowest BCUT2D eigenvalue weighted by Gasteiger charge is -2.34. The molecule has 19 heavy (non-hydrogen) atoms. The molecule has 1 amide bonds. The van der Waals surface area contributed by atoms with E-state index in [9.17, 15) is 13.2 Å². The Morgan fingerprint density at radius 1 is 1.32 bits per heavy atom. The van der Waals surface area contributed by atoms with Crippen LogP contribution in [0.5, 0.6) is 0 Å². The topological polar surface area (TPSA) is 69.7 Å². The van der Waals surface area contributed by atoms with Gasteiger partial charge in [0.1, 0.15) is 0 Å². The van der Waals surface area contributed by atoms with Crippen LogP contribution in [0.15, 0.2) is 0 Å². The summed E-state index contributed by atoms with van der Waals surface area (Å²) in [5.74, 6) is 0.402. The van der Waals surface area contributed by atoms with E-state index in [-0.39, 0.29) is 11.8 Å². The molecule has 2 fully saturated rings. The van der Waals surface area contributed by atoms with Crippen LogP contribution in [0.4, 0.5) is 0 Å². The number of hydrogen-bond donors (Lipinski definition) is 1. The zero-order valence-electron chi connectivity index (χ0n) is 11.5. The minimum atomic E-state index is -3.10. The quantitative estimate of drug-likeness (QED) is 0.759. The normalized spacial score (nSPS) is 27.3. The second-order valence-electron chi connectivity index (χ2n) is 5.50. The molecule has 6 nitrogen and oxygen atoms in total. The Morgan fingerprint density at radius 3 is 2.84 bits per heavy atom.